The minimum Gasteiger partial charge on any atom is -0.494 e. The highest BCUT2D eigenvalue weighted by Gasteiger charge is 2.40. The van der Waals surface area contributed by atoms with Crippen LogP contribution in [-0.2, 0) is 4.74 Å². The SMILES string of the molecule is CCCCOc1ccc(C2C[C@@H]2NC(=O)OC(C)(C)C)cc1. The maximum Gasteiger partial charge on any atom is 0.407 e. The highest BCUT2D eigenvalue weighted by molar-refractivity contribution is 5.69. The van der Waals surface area contributed by atoms with Crippen molar-refractivity contribution in [1.82, 2.24) is 5.32 Å². The Labute approximate surface area is 133 Å². The van der Waals surface area contributed by atoms with E-state index in [-0.39, 0.29) is 12.1 Å². The third-order valence-electron chi connectivity index (χ3n) is 3.57. The Hall–Kier alpha value is -1.71. The van der Waals surface area contributed by atoms with E-state index in [0.717, 1.165) is 31.6 Å². The van der Waals surface area contributed by atoms with E-state index < -0.39 is 5.60 Å². The molecule has 1 aliphatic rings. The standard InChI is InChI=1S/C18H27NO3/c1-5-6-11-21-14-9-7-13(8-10-14)15-12-16(15)19-17(20)22-18(2,3)4/h7-10,15-16H,5-6,11-12H2,1-4H3,(H,19,20)/t15?,16-/m0/s1. The Kier molecular flexibility index (Phi) is 5.33. The number of carbonyl (C=O) groups is 1. The molecule has 0 aliphatic heterocycles. The molecule has 1 aliphatic carbocycles. The van der Waals surface area contributed by atoms with Crippen LogP contribution in [0.4, 0.5) is 4.79 Å². The van der Waals surface area contributed by atoms with E-state index in [1.807, 2.05) is 32.9 Å². The number of nitrogens with one attached hydrogen (secondary N) is 1. The van der Waals surface area contributed by atoms with Crippen LogP contribution >= 0.6 is 0 Å². The van der Waals surface area contributed by atoms with E-state index in [4.69, 9.17) is 9.47 Å². The van der Waals surface area contributed by atoms with Crippen molar-refractivity contribution in [2.24, 2.45) is 0 Å². The fourth-order valence-electron chi connectivity index (χ4n) is 2.33. The molecule has 22 heavy (non-hydrogen) atoms. The normalized spacial score (nSPS) is 20.4. The predicted molar refractivity (Wildman–Crippen MR) is 87.4 cm³/mol. The number of amides is 1. The topological polar surface area (TPSA) is 47.6 Å². The molecule has 4 heteroatoms. The van der Waals surface area contributed by atoms with Crippen molar-refractivity contribution in [2.75, 3.05) is 6.61 Å². The van der Waals surface area contributed by atoms with Gasteiger partial charge in [0.05, 0.1) is 6.61 Å². The predicted octanol–water partition coefficient (Wildman–Crippen LogP) is 4.25. The van der Waals surface area contributed by atoms with Gasteiger partial charge in [0.1, 0.15) is 11.4 Å². The van der Waals surface area contributed by atoms with E-state index in [0.29, 0.717) is 5.92 Å². The maximum atomic E-state index is 11.7. The number of rotatable bonds is 6. The lowest BCUT2D eigenvalue weighted by molar-refractivity contribution is 0.0523. The summed E-state index contributed by atoms with van der Waals surface area (Å²) in [5.74, 6) is 1.30. The van der Waals surface area contributed by atoms with Crippen LogP contribution in [0, 0.1) is 0 Å². The molecule has 122 valence electrons. The van der Waals surface area contributed by atoms with Crippen molar-refractivity contribution in [1.29, 1.82) is 0 Å². The van der Waals surface area contributed by atoms with Gasteiger partial charge in [0.25, 0.3) is 0 Å². The van der Waals surface area contributed by atoms with Gasteiger partial charge >= 0.3 is 6.09 Å². The first kappa shape index (κ1) is 16.7. The minimum absolute atomic E-state index is 0.182. The maximum absolute atomic E-state index is 11.7. The summed E-state index contributed by atoms with van der Waals surface area (Å²) in [5, 5.41) is 2.92. The number of alkyl carbamates (subject to hydrolysis) is 1. The van der Waals surface area contributed by atoms with Crippen LogP contribution in [0.5, 0.6) is 5.75 Å². The van der Waals surface area contributed by atoms with Gasteiger partial charge in [-0.3, -0.25) is 0 Å². The van der Waals surface area contributed by atoms with Gasteiger partial charge in [0, 0.05) is 12.0 Å². The molecule has 2 atom stereocenters. The summed E-state index contributed by atoms with van der Waals surface area (Å²) in [7, 11) is 0. The molecule has 1 N–H and O–H groups in total. The fraction of sp³-hybridized carbons (Fsp3) is 0.611. The average Bonchev–Trinajstić information content (AvgIpc) is 3.16. The quantitative estimate of drug-likeness (QED) is 0.799. The van der Waals surface area contributed by atoms with Gasteiger partial charge in [-0.2, -0.15) is 0 Å². The van der Waals surface area contributed by atoms with Crippen molar-refractivity contribution in [3.8, 4) is 5.75 Å². The van der Waals surface area contributed by atoms with E-state index in [1.165, 1.54) is 5.56 Å². The molecule has 1 aromatic carbocycles. The van der Waals surface area contributed by atoms with Gasteiger partial charge < -0.3 is 14.8 Å². The summed E-state index contributed by atoms with van der Waals surface area (Å²) in [6, 6.07) is 8.37. The van der Waals surface area contributed by atoms with Crippen molar-refractivity contribution >= 4 is 6.09 Å². The summed E-state index contributed by atoms with van der Waals surface area (Å²) in [5.41, 5.74) is 0.787. The molecule has 0 radical (unpaired) electrons. The Morgan fingerprint density at radius 3 is 2.55 bits per heavy atom. The number of carbonyl (C=O) groups excluding carboxylic acids is 1. The van der Waals surface area contributed by atoms with E-state index in [2.05, 4.69) is 24.4 Å². The van der Waals surface area contributed by atoms with Crippen molar-refractivity contribution in [3.63, 3.8) is 0 Å². The van der Waals surface area contributed by atoms with Gasteiger partial charge in [0.15, 0.2) is 0 Å². The van der Waals surface area contributed by atoms with Crippen LogP contribution in [0.2, 0.25) is 0 Å². The molecule has 1 amide bonds. The Morgan fingerprint density at radius 1 is 1.27 bits per heavy atom. The summed E-state index contributed by atoms with van der Waals surface area (Å²) in [6.07, 6.45) is 2.85. The molecule has 1 fully saturated rings. The highest BCUT2D eigenvalue weighted by Crippen LogP contribution is 2.41. The molecule has 1 aromatic rings. The van der Waals surface area contributed by atoms with Gasteiger partial charge in [-0.05, 0) is 51.3 Å². The zero-order chi connectivity index (χ0) is 16.2. The average molecular weight is 305 g/mol. The van der Waals surface area contributed by atoms with Crippen molar-refractivity contribution in [2.45, 2.75) is 64.5 Å². The van der Waals surface area contributed by atoms with E-state index >= 15 is 0 Å². The van der Waals surface area contributed by atoms with Crippen LogP contribution in [0.25, 0.3) is 0 Å². The molecule has 1 saturated carbocycles. The van der Waals surface area contributed by atoms with Gasteiger partial charge in [0.2, 0.25) is 0 Å². The fourth-order valence-corrected chi connectivity index (χ4v) is 2.33. The zero-order valence-electron chi connectivity index (χ0n) is 14.0. The summed E-state index contributed by atoms with van der Waals surface area (Å²) in [4.78, 5) is 11.7. The molecule has 4 nitrogen and oxygen atoms in total. The Balaban J connectivity index is 1.78. The van der Waals surface area contributed by atoms with Gasteiger partial charge in [-0.1, -0.05) is 25.5 Å². The molecule has 0 bridgehead atoms. The number of unbranched alkanes of at least 4 members (excludes halogenated alkanes) is 1. The van der Waals surface area contributed by atoms with E-state index in [9.17, 15) is 4.79 Å². The smallest absolute Gasteiger partial charge is 0.407 e. The molecule has 0 heterocycles. The number of ether oxygens (including phenoxy) is 2. The van der Waals surface area contributed by atoms with Crippen molar-refractivity contribution in [3.05, 3.63) is 29.8 Å². The van der Waals surface area contributed by atoms with Crippen LogP contribution in [0.3, 0.4) is 0 Å². The molecular weight excluding hydrogens is 278 g/mol. The zero-order valence-corrected chi connectivity index (χ0v) is 14.0. The third kappa shape index (κ3) is 5.24. The summed E-state index contributed by atoms with van der Waals surface area (Å²) < 4.78 is 10.9. The molecule has 2 rings (SSSR count). The molecule has 0 aromatic heterocycles. The molecule has 1 unspecified atom stereocenters. The first-order chi connectivity index (χ1) is 10.4. The van der Waals surface area contributed by atoms with Gasteiger partial charge in [-0.15, -0.1) is 0 Å². The molecule has 0 saturated heterocycles. The molecular formula is C18H27NO3. The van der Waals surface area contributed by atoms with Crippen LogP contribution in [0.15, 0.2) is 24.3 Å². The number of hydrogen-bond donors (Lipinski definition) is 1. The number of hydrogen-bond acceptors (Lipinski definition) is 3. The largest absolute Gasteiger partial charge is 0.494 e. The van der Waals surface area contributed by atoms with E-state index in [1.54, 1.807) is 0 Å². The summed E-state index contributed by atoms with van der Waals surface area (Å²) >= 11 is 0. The minimum atomic E-state index is -0.452. The summed E-state index contributed by atoms with van der Waals surface area (Å²) in [6.45, 7) is 8.52. The first-order valence-corrected chi connectivity index (χ1v) is 8.11. The van der Waals surface area contributed by atoms with Crippen LogP contribution in [-0.4, -0.2) is 24.3 Å². The second kappa shape index (κ2) is 7.03. The Morgan fingerprint density at radius 2 is 1.95 bits per heavy atom. The Bertz CT molecular complexity index is 490. The lowest BCUT2D eigenvalue weighted by atomic mass is 10.1. The second-order valence-corrected chi connectivity index (χ2v) is 6.87. The monoisotopic (exact) mass is 305 g/mol. The molecule has 0 spiro atoms. The second-order valence-electron chi connectivity index (χ2n) is 6.87. The van der Waals surface area contributed by atoms with Crippen LogP contribution in [0.1, 0.15) is 58.4 Å². The van der Waals surface area contributed by atoms with Crippen molar-refractivity contribution < 1.29 is 14.3 Å². The lowest BCUT2D eigenvalue weighted by Gasteiger charge is -2.19. The highest BCUT2D eigenvalue weighted by atomic mass is 16.6. The van der Waals surface area contributed by atoms with Crippen LogP contribution < -0.4 is 10.1 Å². The number of benzene rings is 1. The first-order valence-electron chi connectivity index (χ1n) is 8.11. The van der Waals surface area contributed by atoms with Gasteiger partial charge in [-0.25, -0.2) is 4.79 Å². The lowest BCUT2D eigenvalue weighted by Crippen LogP contribution is -2.34. The third-order valence-corrected chi connectivity index (χ3v) is 3.57.